The van der Waals surface area contributed by atoms with Gasteiger partial charge in [-0.3, -0.25) is 4.98 Å². The number of nitrogens with zero attached hydrogens (tertiary/aromatic N) is 3. The highest BCUT2D eigenvalue weighted by atomic mass is 35.5. The lowest BCUT2D eigenvalue weighted by atomic mass is 10.3. The maximum atomic E-state index is 5.99. The molecule has 2 rings (SSSR count). The summed E-state index contributed by atoms with van der Waals surface area (Å²) < 4.78 is 0. The Labute approximate surface area is 96.1 Å². The Balaban J connectivity index is 2.42. The predicted molar refractivity (Wildman–Crippen MR) is 60.8 cm³/mol. The summed E-state index contributed by atoms with van der Waals surface area (Å²) in [6, 6.07) is 1.71. The molecule has 2 aromatic rings. The van der Waals surface area contributed by atoms with Crippen molar-refractivity contribution >= 4 is 22.9 Å². The van der Waals surface area contributed by atoms with Crippen LogP contribution >= 0.6 is 22.9 Å². The Kier molecular flexibility index (Phi) is 2.95. The summed E-state index contributed by atoms with van der Waals surface area (Å²) in [6.45, 7) is 1.87. The van der Waals surface area contributed by atoms with Crippen molar-refractivity contribution < 1.29 is 0 Å². The van der Waals surface area contributed by atoms with E-state index in [9.17, 15) is 0 Å². The highest BCUT2D eigenvalue weighted by molar-refractivity contribution is 7.14. The van der Waals surface area contributed by atoms with Crippen molar-refractivity contribution in [3.8, 4) is 10.6 Å². The van der Waals surface area contributed by atoms with Crippen LogP contribution in [-0.2, 0) is 0 Å². The zero-order valence-corrected chi connectivity index (χ0v) is 9.59. The van der Waals surface area contributed by atoms with Crippen molar-refractivity contribution in [2.45, 2.75) is 13.0 Å². The Bertz CT molecular complexity index is 469. The van der Waals surface area contributed by atoms with Crippen molar-refractivity contribution in [1.29, 1.82) is 0 Å². The predicted octanol–water partition coefficient (Wildman–Crippen LogP) is 2.27. The van der Waals surface area contributed by atoms with Gasteiger partial charge in [-0.25, -0.2) is 0 Å². The maximum Gasteiger partial charge on any atom is 0.149 e. The molecule has 0 radical (unpaired) electrons. The normalized spacial score (nSPS) is 12.7. The van der Waals surface area contributed by atoms with Crippen LogP contribution in [0.15, 0.2) is 18.5 Å². The van der Waals surface area contributed by atoms with Crippen molar-refractivity contribution in [2.24, 2.45) is 5.73 Å². The zero-order valence-electron chi connectivity index (χ0n) is 8.01. The van der Waals surface area contributed by atoms with Crippen LogP contribution < -0.4 is 5.73 Å². The van der Waals surface area contributed by atoms with E-state index in [2.05, 4.69) is 15.2 Å². The first-order chi connectivity index (χ1) is 7.18. The second-order valence-corrected chi connectivity index (χ2v) is 4.51. The third-order valence-electron chi connectivity index (χ3n) is 1.83. The van der Waals surface area contributed by atoms with Crippen LogP contribution in [0.5, 0.6) is 0 Å². The van der Waals surface area contributed by atoms with Crippen LogP contribution in [0.1, 0.15) is 18.0 Å². The van der Waals surface area contributed by atoms with Crippen LogP contribution in [0.25, 0.3) is 10.6 Å². The first kappa shape index (κ1) is 10.5. The minimum absolute atomic E-state index is 0.100. The standard InChI is InChI=1S/C9H9ClN4S/c1-5(11)8-13-14-9(15-8)6-2-3-12-4-7(6)10/h2-5H,11H2,1H3. The number of halogens is 1. The number of rotatable bonds is 2. The van der Waals surface area contributed by atoms with Gasteiger partial charge in [0.1, 0.15) is 10.0 Å². The molecule has 0 aliphatic rings. The summed E-state index contributed by atoms with van der Waals surface area (Å²) in [4.78, 5) is 3.91. The Hall–Kier alpha value is -1.04. The number of nitrogens with two attached hydrogens (primary N) is 1. The van der Waals surface area contributed by atoms with E-state index >= 15 is 0 Å². The molecular weight excluding hydrogens is 232 g/mol. The second kappa shape index (κ2) is 4.22. The van der Waals surface area contributed by atoms with Gasteiger partial charge >= 0.3 is 0 Å². The molecule has 15 heavy (non-hydrogen) atoms. The lowest BCUT2D eigenvalue weighted by Gasteiger charge is -1.97. The van der Waals surface area contributed by atoms with E-state index in [0.29, 0.717) is 5.02 Å². The summed E-state index contributed by atoms with van der Waals surface area (Å²) in [7, 11) is 0. The van der Waals surface area contributed by atoms with E-state index in [1.54, 1.807) is 12.4 Å². The molecule has 1 atom stereocenters. The van der Waals surface area contributed by atoms with E-state index in [1.165, 1.54) is 11.3 Å². The fourth-order valence-electron chi connectivity index (χ4n) is 1.08. The summed E-state index contributed by atoms with van der Waals surface area (Å²) in [5, 5.41) is 10.2. The lowest BCUT2D eigenvalue weighted by molar-refractivity contribution is 0.786. The van der Waals surface area contributed by atoms with Crippen molar-refractivity contribution in [3.63, 3.8) is 0 Å². The molecule has 0 aliphatic carbocycles. The van der Waals surface area contributed by atoms with Gasteiger partial charge in [0.2, 0.25) is 0 Å². The van der Waals surface area contributed by atoms with Gasteiger partial charge in [-0.15, -0.1) is 10.2 Å². The lowest BCUT2D eigenvalue weighted by Crippen LogP contribution is -2.03. The topological polar surface area (TPSA) is 64.7 Å². The van der Waals surface area contributed by atoms with E-state index in [0.717, 1.165) is 15.6 Å². The maximum absolute atomic E-state index is 5.99. The van der Waals surface area contributed by atoms with Gasteiger partial charge in [-0.1, -0.05) is 22.9 Å². The Morgan fingerprint density at radius 3 is 2.87 bits per heavy atom. The molecule has 0 saturated carbocycles. The molecule has 2 heterocycles. The van der Waals surface area contributed by atoms with Gasteiger partial charge in [-0.2, -0.15) is 0 Å². The molecule has 0 bridgehead atoms. The van der Waals surface area contributed by atoms with Crippen molar-refractivity contribution in [1.82, 2.24) is 15.2 Å². The molecule has 0 fully saturated rings. The summed E-state index contributed by atoms with van der Waals surface area (Å²) in [5.74, 6) is 0. The molecule has 0 aliphatic heterocycles. The molecule has 6 heteroatoms. The smallest absolute Gasteiger partial charge is 0.149 e. The average Bonchev–Trinajstić information content (AvgIpc) is 2.67. The largest absolute Gasteiger partial charge is 0.322 e. The molecule has 78 valence electrons. The van der Waals surface area contributed by atoms with Gasteiger partial charge in [0.05, 0.1) is 11.1 Å². The van der Waals surface area contributed by atoms with E-state index in [-0.39, 0.29) is 6.04 Å². The fraction of sp³-hybridized carbons (Fsp3) is 0.222. The van der Waals surface area contributed by atoms with Gasteiger partial charge in [0.25, 0.3) is 0 Å². The van der Waals surface area contributed by atoms with Gasteiger partial charge in [-0.05, 0) is 13.0 Å². The SMILES string of the molecule is CC(N)c1nnc(-c2ccncc2Cl)s1. The Morgan fingerprint density at radius 2 is 2.27 bits per heavy atom. The minimum Gasteiger partial charge on any atom is -0.322 e. The monoisotopic (exact) mass is 240 g/mol. The molecule has 0 spiro atoms. The number of aromatic nitrogens is 3. The summed E-state index contributed by atoms with van der Waals surface area (Å²) >= 11 is 7.44. The first-order valence-electron chi connectivity index (χ1n) is 4.37. The molecule has 0 saturated heterocycles. The van der Waals surface area contributed by atoms with E-state index in [4.69, 9.17) is 17.3 Å². The van der Waals surface area contributed by atoms with Crippen molar-refractivity contribution in [3.05, 3.63) is 28.5 Å². The molecule has 2 aromatic heterocycles. The third kappa shape index (κ3) is 2.14. The highest BCUT2D eigenvalue weighted by Gasteiger charge is 2.11. The van der Waals surface area contributed by atoms with E-state index in [1.807, 2.05) is 13.0 Å². The number of hydrogen-bond donors (Lipinski definition) is 1. The van der Waals surface area contributed by atoms with Crippen LogP contribution in [0.3, 0.4) is 0 Å². The third-order valence-corrected chi connectivity index (χ3v) is 3.29. The Morgan fingerprint density at radius 1 is 1.47 bits per heavy atom. The molecular formula is C9H9ClN4S. The summed E-state index contributed by atoms with van der Waals surface area (Å²) in [6.07, 6.45) is 3.26. The molecule has 1 unspecified atom stereocenters. The van der Waals surface area contributed by atoms with Crippen LogP contribution in [0.4, 0.5) is 0 Å². The van der Waals surface area contributed by atoms with Gasteiger partial charge < -0.3 is 5.73 Å². The van der Waals surface area contributed by atoms with Crippen LogP contribution in [0, 0.1) is 0 Å². The quantitative estimate of drug-likeness (QED) is 0.875. The molecule has 0 aromatic carbocycles. The van der Waals surface area contributed by atoms with Crippen LogP contribution in [0.2, 0.25) is 5.02 Å². The second-order valence-electron chi connectivity index (χ2n) is 3.09. The first-order valence-corrected chi connectivity index (χ1v) is 5.57. The summed E-state index contributed by atoms with van der Waals surface area (Å²) in [5.41, 5.74) is 6.55. The number of pyridine rings is 1. The fourth-order valence-corrected chi connectivity index (χ4v) is 2.18. The average molecular weight is 241 g/mol. The number of hydrogen-bond acceptors (Lipinski definition) is 5. The van der Waals surface area contributed by atoms with E-state index < -0.39 is 0 Å². The highest BCUT2D eigenvalue weighted by Crippen LogP contribution is 2.30. The van der Waals surface area contributed by atoms with Gasteiger partial charge in [0, 0.05) is 18.0 Å². The van der Waals surface area contributed by atoms with Crippen LogP contribution in [-0.4, -0.2) is 15.2 Å². The molecule has 4 nitrogen and oxygen atoms in total. The van der Waals surface area contributed by atoms with Crippen molar-refractivity contribution in [2.75, 3.05) is 0 Å². The molecule has 0 amide bonds. The zero-order chi connectivity index (χ0) is 10.8. The van der Waals surface area contributed by atoms with Gasteiger partial charge in [0.15, 0.2) is 0 Å². The molecule has 2 N–H and O–H groups in total. The minimum atomic E-state index is -0.100.